The summed E-state index contributed by atoms with van der Waals surface area (Å²) in [6, 6.07) is 21.1. The Morgan fingerprint density at radius 3 is 2.39 bits per heavy atom. The topological polar surface area (TPSA) is 85.4 Å². The zero-order valence-corrected chi connectivity index (χ0v) is 27.4. The number of fused-ring (bicyclic) bond motifs is 1. The Labute approximate surface area is 268 Å². The number of anilines is 1. The van der Waals surface area contributed by atoms with E-state index in [2.05, 4.69) is 89.2 Å². The molecular formula is C38H39N5O3. The molecule has 0 bridgehead atoms. The van der Waals surface area contributed by atoms with Crippen molar-refractivity contribution in [3.05, 3.63) is 89.7 Å². The first-order valence-electron chi connectivity index (χ1n) is 15.7. The molecular weight excluding hydrogens is 574 g/mol. The van der Waals surface area contributed by atoms with E-state index < -0.39 is 17.7 Å². The molecule has 0 fully saturated rings. The third kappa shape index (κ3) is 4.93. The third-order valence-corrected chi connectivity index (χ3v) is 9.06. The molecule has 0 radical (unpaired) electrons. The number of hydrogen-bond acceptors (Lipinski definition) is 5. The zero-order chi connectivity index (χ0) is 32.5. The number of aromatic nitrogens is 4. The van der Waals surface area contributed by atoms with Gasteiger partial charge in [0.25, 0.3) is 0 Å². The van der Waals surface area contributed by atoms with Crippen LogP contribution in [0.3, 0.4) is 0 Å². The Bertz CT molecular complexity index is 2150. The average molecular weight is 614 g/mol. The summed E-state index contributed by atoms with van der Waals surface area (Å²) in [6.07, 6.45) is 2.60. The Morgan fingerprint density at radius 1 is 0.935 bits per heavy atom. The van der Waals surface area contributed by atoms with E-state index in [0.717, 1.165) is 85.4 Å². The van der Waals surface area contributed by atoms with Crippen LogP contribution in [0, 0.1) is 13.8 Å². The van der Waals surface area contributed by atoms with Gasteiger partial charge in [0.15, 0.2) is 6.10 Å². The van der Waals surface area contributed by atoms with Crippen LogP contribution in [-0.2, 0) is 23.1 Å². The fraction of sp³-hybridized carbons (Fsp3) is 0.289. The first-order chi connectivity index (χ1) is 21.9. The summed E-state index contributed by atoms with van der Waals surface area (Å²) < 4.78 is 10.6. The van der Waals surface area contributed by atoms with E-state index in [4.69, 9.17) is 9.72 Å². The molecule has 0 spiro atoms. The number of ether oxygens (including phenoxy) is 1. The number of pyridine rings is 1. The summed E-state index contributed by atoms with van der Waals surface area (Å²) in [5, 5.41) is 17.1. The van der Waals surface area contributed by atoms with Crippen LogP contribution in [-0.4, -0.2) is 49.6 Å². The highest BCUT2D eigenvalue weighted by Gasteiger charge is 2.36. The van der Waals surface area contributed by atoms with Gasteiger partial charge < -0.3 is 19.3 Å². The van der Waals surface area contributed by atoms with Crippen molar-refractivity contribution in [3.8, 4) is 33.6 Å². The van der Waals surface area contributed by atoms with E-state index in [1.54, 1.807) is 0 Å². The predicted octanol–water partition coefficient (Wildman–Crippen LogP) is 7.93. The fourth-order valence-corrected chi connectivity index (χ4v) is 6.95. The molecule has 8 nitrogen and oxygen atoms in total. The molecule has 0 aliphatic carbocycles. The van der Waals surface area contributed by atoms with Gasteiger partial charge in [-0.1, -0.05) is 35.9 Å². The Hall–Kier alpha value is -4.95. The van der Waals surface area contributed by atoms with E-state index in [1.807, 2.05) is 51.8 Å². The number of benzene rings is 3. The SMILES string of the molecule is Cc1ccc(-c2c([C@H](OC(C)(C)C)C(=O)O)c(C)c3c4c2cc(-c2ccnc(-c5ccc6c(cnn6C)c5)c2)n4CCN3C)cc1. The summed E-state index contributed by atoms with van der Waals surface area (Å²) in [6.45, 7) is 11.4. The first-order valence-corrected chi connectivity index (χ1v) is 15.7. The Morgan fingerprint density at radius 2 is 1.67 bits per heavy atom. The third-order valence-electron chi connectivity index (χ3n) is 9.06. The van der Waals surface area contributed by atoms with Gasteiger partial charge in [0, 0.05) is 66.5 Å². The highest BCUT2D eigenvalue weighted by molar-refractivity contribution is 6.09. The van der Waals surface area contributed by atoms with Crippen molar-refractivity contribution in [1.29, 1.82) is 0 Å². The van der Waals surface area contributed by atoms with Crippen molar-refractivity contribution in [3.63, 3.8) is 0 Å². The summed E-state index contributed by atoms with van der Waals surface area (Å²) in [5.41, 5.74) is 11.2. The highest BCUT2D eigenvalue weighted by atomic mass is 16.5. The lowest BCUT2D eigenvalue weighted by Gasteiger charge is -2.34. The molecule has 0 amide bonds. The van der Waals surface area contributed by atoms with Gasteiger partial charge in [0.1, 0.15) is 0 Å². The van der Waals surface area contributed by atoms with Crippen LogP contribution in [0.2, 0.25) is 0 Å². The van der Waals surface area contributed by atoms with Crippen LogP contribution in [0.5, 0.6) is 0 Å². The van der Waals surface area contributed by atoms with Gasteiger partial charge in [-0.2, -0.15) is 5.10 Å². The minimum absolute atomic E-state index is 0.665. The second-order valence-corrected chi connectivity index (χ2v) is 13.4. The van der Waals surface area contributed by atoms with Gasteiger partial charge >= 0.3 is 5.97 Å². The van der Waals surface area contributed by atoms with Crippen molar-refractivity contribution in [2.24, 2.45) is 7.05 Å². The molecule has 8 heteroatoms. The largest absolute Gasteiger partial charge is 0.479 e. The quantitative estimate of drug-likeness (QED) is 0.205. The Balaban J connectivity index is 1.51. The number of carbonyl (C=O) groups is 1. The van der Waals surface area contributed by atoms with E-state index in [-0.39, 0.29) is 0 Å². The molecule has 0 saturated carbocycles. The molecule has 1 N–H and O–H groups in total. The van der Waals surface area contributed by atoms with E-state index in [1.165, 1.54) is 0 Å². The zero-order valence-electron chi connectivity index (χ0n) is 27.4. The molecule has 6 aromatic rings. The van der Waals surface area contributed by atoms with Gasteiger partial charge in [-0.3, -0.25) is 9.67 Å². The van der Waals surface area contributed by atoms with Crippen molar-refractivity contribution in [1.82, 2.24) is 19.3 Å². The number of nitrogens with zero attached hydrogens (tertiary/aromatic N) is 5. The minimum atomic E-state index is -1.14. The maximum Gasteiger partial charge on any atom is 0.337 e. The van der Waals surface area contributed by atoms with Crippen LogP contribution in [0.25, 0.3) is 55.4 Å². The maximum atomic E-state index is 13.0. The van der Waals surface area contributed by atoms with Gasteiger partial charge in [0.2, 0.25) is 0 Å². The summed E-state index contributed by atoms with van der Waals surface area (Å²) in [5.74, 6) is -1.000. The van der Waals surface area contributed by atoms with E-state index >= 15 is 0 Å². The molecule has 3 aromatic heterocycles. The highest BCUT2D eigenvalue weighted by Crippen LogP contribution is 2.49. The normalized spacial score (nSPS) is 13.9. The number of aliphatic carboxylic acids is 1. The van der Waals surface area contributed by atoms with Crippen molar-refractivity contribution in [2.75, 3.05) is 18.5 Å². The van der Waals surface area contributed by atoms with Crippen molar-refractivity contribution >= 4 is 33.5 Å². The standard InChI is InChI=1S/C38H39N5O3/c1-22-8-10-24(11-9-22)33-28-20-31(26-14-15-39-29(19-26)25-12-13-30-27(18-25)21-40-42(30)7)43-17-16-41(6)34(35(28)43)23(2)32(33)36(37(44)45)46-38(3,4)5/h8-15,18-21,36H,16-17H2,1-7H3,(H,44,45)/t36-/m0/s1. The molecule has 4 heterocycles. The molecule has 0 saturated heterocycles. The number of hydrogen-bond donors (Lipinski definition) is 1. The van der Waals surface area contributed by atoms with Crippen LogP contribution in [0.4, 0.5) is 5.69 Å². The van der Waals surface area contributed by atoms with E-state index in [0.29, 0.717) is 5.56 Å². The van der Waals surface area contributed by atoms with Crippen molar-refractivity contribution < 1.29 is 14.6 Å². The molecule has 46 heavy (non-hydrogen) atoms. The van der Waals surface area contributed by atoms with Crippen LogP contribution in [0.1, 0.15) is 43.6 Å². The molecule has 0 unspecified atom stereocenters. The molecule has 7 rings (SSSR count). The second-order valence-electron chi connectivity index (χ2n) is 13.4. The lowest BCUT2D eigenvalue weighted by Crippen LogP contribution is -2.31. The number of rotatable bonds is 6. The van der Waals surface area contributed by atoms with Gasteiger partial charge in [-0.25, -0.2) is 4.79 Å². The van der Waals surface area contributed by atoms with Crippen LogP contribution in [0.15, 0.2) is 73.1 Å². The van der Waals surface area contributed by atoms with E-state index in [9.17, 15) is 9.90 Å². The summed E-state index contributed by atoms with van der Waals surface area (Å²) in [4.78, 5) is 20.0. The number of carboxylic acid groups (broad SMARTS) is 1. The first kappa shape index (κ1) is 29.7. The fourth-order valence-electron chi connectivity index (χ4n) is 6.95. The Kier molecular flexibility index (Phi) is 7.01. The van der Waals surface area contributed by atoms with Gasteiger partial charge in [0.05, 0.1) is 34.2 Å². The van der Waals surface area contributed by atoms with Gasteiger partial charge in [-0.05, 0) is 81.6 Å². The average Bonchev–Trinajstić information content (AvgIpc) is 3.59. The molecule has 1 atom stereocenters. The molecule has 1 aliphatic heterocycles. The number of carboxylic acids is 1. The lowest BCUT2D eigenvalue weighted by molar-refractivity contribution is -0.160. The maximum absolute atomic E-state index is 13.0. The van der Waals surface area contributed by atoms with Crippen molar-refractivity contribution in [2.45, 2.75) is 52.9 Å². The minimum Gasteiger partial charge on any atom is -0.479 e. The molecule has 3 aromatic carbocycles. The molecule has 234 valence electrons. The number of aryl methyl sites for hydroxylation is 2. The lowest BCUT2D eigenvalue weighted by atomic mass is 9.87. The monoisotopic (exact) mass is 613 g/mol. The molecule has 1 aliphatic rings. The van der Waals surface area contributed by atoms with Crippen LogP contribution < -0.4 is 4.90 Å². The predicted molar refractivity (Wildman–Crippen MR) is 184 cm³/mol. The number of likely N-dealkylation sites (N-methyl/N-ethyl adjacent to an activating group) is 1. The second kappa shape index (κ2) is 10.8. The smallest absolute Gasteiger partial charge is 0.337 e. The summed E-state index contributed by atoms with van der Waals surface area (Å²) >= 11 is 0. The van der Waals surface area contributed by atoms with Crippen LogP contribution >= 0.6 is 0 Å². The summed E-state index contributed by atoms with van der Waals surface area (Å²) in [7, 11) is 4.04. The van der Waals surface area contributed by atoms with Gasteiger partial charge in [-0.15, -0.1) is 0 Å².